The molecular weight excluding hydrogens is 318 g/mol. The SMILES string of the molecule is CN(CC(=O)O)NC(=O)NCCC(c1ccccc1)c1ccccc1. The normalized spacial score (nSPS) is 10.7. The highest BCUT2D eigenvalue weighted by atomic mass is 16.4. The third-order valence-electron chi connectivity index (χ3n) is 3.79. The summed E-state index contributed by atoms with van der Waals surface area (Å²) >= 11 is 0. The van der Waals surface area contributed by atoms with Crippen LogP contribution >= 0.6 is 0 Å². The Morgan fingerprint density at radius 2 is 1.52 bits per heavy atom. The predicted octanol–water partition coefficient (Wildman–Crippen LogP) is 2.44. The third-order valence-corrected chi connectivity index (χ3v) is 3.79. The second-order valence-corrected chi connectivity index (χ2v) is 5.78. The zero-order chi connectivity index (χ0) is 18.1. The van der Waals surface area contributed by atoms with Gasteiger partial charge in [-0.2, -0.15) is 0 Å². The number of hydrogen-bond donors (Lipinski definition) is 3. The summed E-state index contributed by atoms with van der Waals surface area (Å²) in [4.78, 5) is 22.4. The summed E-state index contributed by atoms with van der Waals surface area (Å²) in [7, 11) is 1.50. The van der Waals surface area contributed by atoms with Crippen LogP contribution in [0.4, 0.5) is 4.79 Å². The molecule has 3 N–H and O–H groups in total. The summed E-state index contributed by atoms with van der Waals surface area (Å²) in [5.74, 6) is -0.824. The lowest BCUT2D eigenvalue weighted by Gasteiger charge is -2.20. The van der Waals surface area contributed by atoms with Gasteiger partial charge in [0.25, 0.3) is 0 Å². The molecule has 2 aromatic carbocycles. The third kappa shape index (κ3) is 6.27. The van der Waals surface area contributed by atoms with Crippen molar-refractivity contribution in [2.24, 2.45) is 0 Å². The minimum absolute atomic E-state index is 0.180. The Kier molecular flexibility index (Phi) is 6.98. The molecule has 2 rings (SSSR count). The van der Waals surface area contributed by atoms with Crippen LogP contribution in [-0.2, 0) is 4.79 Å². The molecule has 2 aromatic rings. The maximum absolute atomic E-state index is 11.8. The van der Waals surface area contributed by atoms with Crippen LogP contribution in [-0.4, -0.2) is 42.3 Å². The molecule has 0 spiro atoms. The van der Waals surface area contributed by atoms with Gasteiger partial charge in [-0.3, -0.25) is 10.2 Å². The van der Waals surface area contributed by atoms with Gasteiger partial charge >= 0.3 is 12.0 Å². The van der Waals surface area contributed by atoms with E-state index in [2.05, 4.69) is 35.0 Å². The van der Waals surface area contributed by atoms with E-state index in [4.69, 9.17) is 5.11 Å². The number of hydrogen-bond acceptors (Lipinski definition) is 3. The fourth-order valence-electron chi connectivity index (χ4n) is 2.68. The lowest BCUT2D eigenvalue weighted by atomic mass is 9.88. The molecule has 0 radical (unpaired) electrons. The number of aliphatic carboxylic acids is 1. The molecule has 2 amide bonds. The zero-order valence-corrected chi connectivity index (χ0v) is 14.2. The Morgan fingerprint density at radius 3 is 2.00 bits per heavy atom. The van der Waals surface area contributed by atoms with E-state index in [-0.39, 0.29) is 12.5 Å². The summed E-state index contributed by atoms with van der Waals surface area (Å²) in [6, 6.07) is 19.9. The molecule has 0 heterocycles. The van der Waals surface area contributed by atoms with Gasteiger partial charge in [0.1, 0.15) is 6.54 Å². The monoisotopic (exact) mass is 341 g/mol. The number of carbonyl (C=O) groups excluding carboxylic acids is 1. The fraction of sp³-hybridized carbons (Fsp3) is 0.263. The summed E-state index contributed by atoms with van der Waals surface area (Å²) in [6.07, 6.45) is 0.740. The minimum atomic E-state index is -1.00. The molecular formula is C19H23N3O3. The molecule has 6 heteroatoms. The van der Waals surface area contributed by atoms with Gasteiger partial charge in [-0.15, -0.1) is 0 Å². The Morgan fingerprint density at radius 1 is 1.00 bits per heavy atom. The van der Waals surface area contributed by atoms with Gasteiger partial charge in [-0.05, 0) is 17.5 Å². The number of benzene rings is 2. The molecule has 132 valence electrons. The van der Waals surface area contributed by atoms with Crippen molar-refractivity contribution in [3.63, 3.8) is 0 Å². The van der Waals surface area contributed by atoms with Crippen molar-refractivity contribution in [1.29, 1.82) is 0 Å². The van der Waals surface area contributed by atoms with Gasteiger partial charge in [0.05, 0.1) is 0 Å². The van der Waals surface area contributed by atoms with E-state index in [0.717, 1.165) is 6.42 Å². The topological polar surface area (TPSA) is 81.7 Å². The summed E-state index contributed by atoms with van der Waals surface area (Å²) in [5.41, 5.74) is 4.85. The Hall–Kier alpha value is -2.86. The van der Waals surface area contributed by atoms with Crippen molar-refractivity contribution in [2.45, 2.75) is 12.3 Å². The average molecular weight is 341 g/mol. The first kappa shape index (κ1) is 18.5. The van der Waals surface area contributed by atoms with Crippen molar-refractivity contribution in [3.8, 4) is 0 Å². The molecule has 25 heavy (non-hydrogen) atoms. The Balaban J connectivity index is 1.93. The van der Waals surface area contributed by atoms with Crippen LogP contribution in [0.2, 0.25) is 0 Å². The lowest BCUT2D eigenvalue weighted by molar-refractivity contribution is -0.138. The second-order valence-electron chi connectivity index (χ2n) is 5.78. The fourth-order valence-corrected chi connectivity index (χ4v) is 2.68. The Labute approximate surface area is 147 Å². The number of rotatable bonds is 8. The van der Waals surface area contributed by atoms with E-state index in [0.29, 0.717) is 6.54 Å². The number of nitrogens with one attached hydrogen (secondary N) is 2. The molecule has 0 unspecified atom stereocenters. The molecule has 0 bridgehead atoms. The van der Waals surface area contributed by atoms with E-state index in [9.17, 15) is 9.59 Å². The molecule has 0 aliphatic rings. The van der Waals surface area contributed by atoms with Crippen LogP contribution in [0.15, 0.2) is 60.7 Å². The molecule has 0 aliphatic carbocycles. The molecule has 0 saturated carbocycles. The number of carboxylic acids is 1. The lowest BCUT2D eigenvalue weighted by Crippen LogP contribution is -2.47. The van der Waals surface area contributed by atoms with E-state index in [1.165, 1.54) is 23.2 Å². The van der Waals surface area contributed by atoms with E-state index >= 15 is 0 Å². The summed E-state index contributed by atoms with van der Waals surface area (Å²) in [5, 5.41) is 12.7. The first-order valence-corrected chi connectivity index (χ1v) is 8.13. The standard InChI is InChI=1S/C19H23N3O3/c1-22(14-18(23)24)21-19(25)20-13-12-17(15-8-4-2-5-9-15)16-10-6-3-7-11-16/h2-11,17H,12-14H2,1H3,(H,23,24)(H2,20,21,25). The minimum Gasteiger partial charge on any atom is -0.480 e. The highest BCUT2D eigenvalue weighted by Gasteiger charge is 2.14. The van der Waals surface area contributed by atoms with Gasteiger partial charge in [-0.1, -0.05) is 60.7 Å². The average Bonchev–Trinajstić information content (AvgIpc) is 2.59. The summed E-state index contributed by atoms with van der Waals surface area (Å²) in [6.45, 7) is 0.214. The van der Waals surface area contributed by atoms with Crippen LogP contribution in [0.25, 0.3) is 0 Å². The predicted molar refractivity (Wildman–Crippen MR) is 96.1 cm³/mol. The molecule has 0 fully saturated rings. The van der Waals surface area contributed by atoms with Crippen LogP contribution in [0.5, 0.6) is 0 Å². The van der Waals surface area contributed by atoms with Gasteiger partial charge in [0.2, 0.25) is 0 Å². The molecule has 0 aromatic heterocycles. The maximum atomic E-state index is 11.8. The summed E-state index contributed by atoms with van der Waals surface area (Å²) < 4.78 is 0. The largest absolute Gasteiger partial charge is 0.480 e. The number of hydrazine groups is 1. The highest BCUT2D eigenvalue weighted by Crippen LogP contribution is 2.27. The Bertz CT molecular complexity index is 637. The van der Waals surface area contributed by atoms with Crippen molar-refractivity contribution in [2.75, 3.05) is 20.1 Å². The van der Waals surface area contributed by atoms with Gasteiger partial charge in [0, 0.05) is 19.5 Å². The number of carbonyl (C=O) groups is 2. The van der Waals surface area contributed by atoms with E-state index in [1.807, 2.05) is 36.4 Å². The smallest absolute Gasteiger partial charge is 0.329 e. The van der Waals surface area contributed by atoms with Crippen molar-refractivity contribution >= 4 is 12.0 Å². The molecule has 0 aliphatic heterocycles. The van der Waals surface area contributed by atoms with Gasteiger partial charge in [0.15, 0.2) is 0 Å². The zero-order valence-electron chi connectivity index (χ0n) is 14.2. The first-order chi connectivity index (χ1) is 12.1. The maximum Gasteiger partial charge on any atom is 0.329 e. The number of carboxylic acid groups (broad SMARTS) is 1. The van der Waals surface area contributed by atoms with Crippen LogP contribution in [0, 0.1) is 0 Å². The quantitative estimate of drug-likeness (QED) is 0.644. The van der Waals surface area contributed by atoms with Crippen molar-refractivity contribution < 1.29 is 14.7 Å². The molecule has 0 saturated heterocycles. The number of urea groups is 1. The number of amides is 2. The number of nitrogens with zero attached hydrogens (tertiary/aromatic N) is 1. The van der Waals surface area contributed by atoms with E-state index in [1.54, 1.807) is 0 Å². The van der Waals surface area contributed by atoms with Crippen LogP contribution < -0.4 is 10.7 Å². The van der Waals surface area contributed by atoms with Crippen LogP contribution in [0.3, 0.4) is 0 Å². The molecule has 6 nitrogen and oxygen atoms in total. The van der Waals surface area contributed by atoms with Crippen molar-refractivity contribution in [3.05, 3.63) is 71.8 Å². The van der Waals surface area contributed by atoms with Gasteiger partial charge in [-0.25, -0.2) is 9.80 Å². The van der Waals surface area contributed by atoms with Crippen molar-refractivity contribution in [1.82, 2.24) is 15.8 Å². The highest BCUT2D eigenvalue weighted by molar-refractivity contribution is 5.74. The van der Waals surface area contributed by atoms with E-state index < -0.39 is 12.0 Å². The van der Waals surface area contributed by atoms with Crippen LogP contribution in [0.1, 0.15) is 23.5 Å². The molecule has 0 atom stereocenters. The van der Waals surface area contributed by atoms with Gasteiger partial charge < -0.3 is 10.4 Å². The second kappa shape index (κ2) is 9.44. The first-order valence-electron chi connectivity index (χ1n) is 8.13. The number of likely N-dealkylation sites (N-methyl/N-ethyl adjacent to an activating group) is 1.